The fraction of sp³-hybridized carbons (Fsp3) is 0.889. The van der Waals surface area contributed by atoms with E-state index in [-0.39, 0.29) is 36.6 Å². The lowest BCUT2D eigenvalue weighted by Gasteiger charge is -2.37. The molecule has 4 aliphatic rings. The van der Waals surface area contributed by atoms with Gasteiger partial charge in [-0.2, -0.15) is 0 Å². The van der Waals surface area contributed by atoms with E-state index in [2.05, 4.69) is 0 Å². The third kappa shape index (κ3) is 2.64. The molecule has 3 aliphatic heterocycles. The van der Waals surface area contributed by atoms with Gasteiger partial charge < -0.3 is 28.8 Å². The summed E-state index contributed by atoms with van der Waals surface area (Å²) in [5, 5.41) is 9.27. The summed E-state index contributed by atoms with van der Waals surface area (Å²) in [5.74, 6) is -1.22. The van der Waals surface area contributed by atoms with Gasteiger partial charge in [-0.05, 0) is 47.0 Å². The quantitative estimate of drug-likeness (QED) is 0.777. The lowest BCUT2D eigenvalue weighted by Crippen LogP contribution is -2.46. The molecular formula is C18H28O6. The van der Waals surface area contributed by atoms with Gasteiger partial charge in [0.1, 0.15) is 12.2 Å². The van der Waals surface area contributed by atoms with Crippen LogP contribution in [0.1, 0.15) is 47.0 Å². The number of aliphatic hydroxyl groups excluding tert-OH is 1. The molecule has 136 valence electrons. The van der Waals surface area contributed by atoms with Gasteiger partial charge in [-0.1, -0.05) is 11.6 Å². The maximum absolute atomic E-state index is 9.27. The van der Waals surface area contributed by atoms with Crippen molar-refractivity contribution < 1.29 is 28.8 Å². The molecule has 0 amide bonds. The summed E-state index contributed by atoms with van der Waals surface area (Å²) in [6.45, 7) is 8.30. The van der Waals surface area contributed by atoms with Gasteiger partial charge >= 0.3 is 0 Å². The predicted molar refractivity (Wildman–Crippen MR) is 85.1 cm³/mol. The zero-order valence-corrected chi connectivity index (χ0v) is 14.9. The second-order valence-electron chi connectivity index (χ2n) is 8.30. The lowest BCUT2D eigenvalue weighted by molar-refractivity contribution is -0.236. The monoisotopic (exact) mass is 340 g/mol. The van der Waals surface area contributed by atoms with Gasteiger partial charge in [0.2, 0.25) is 0 Å². The van der Waals surface area contributed by atoms with Crippen molar-refractivity contribution in [2.75, 3.05) is 13.2 Å². The first-order valence-electron chi connectivity index (χ1n) is 8.86. The molecule has 4 fully saturated rings. The molecular weight excluding hydrogens is 312 g/mol. The van der Waals surface area contributed by atoms with Crippen molar-refractivity contribution in [1.82, 2.24) is 0 Å². The van der Waals surface area contributed by atoms with Crippen LogP contribution in [0.25, 0.3) is 0 Å². The number of ether oxygens (including phenoxy) is 5. The number of rotatable bonds is 2. The van der Waals surface area contributed by atoms with Crippen molar-refractivity contribution in [3.8, 4) is 0 Å². The SMILES string of the molecule is CC1(C)OC[C@H]([C@H]2O[C@@H]3OC(C)(C)O[C@@H]3[C@]23CC/C(=C\CO)C3)O1. The van der Waals surface area contributed by atoms with Crippen LogP contribution in [0.15, 0.2) is 11.6 Å². The highest BCUT2D eigenvalue weighted by Gasteiger charge is 2.67. The maximum atomic E-state index is 9.27. The molecule has 0 aromatic carbocycles. The molecule has 0 unspecified atom stereocenters. The number of fused-ring (bicyclic) bond motifs is 2. The molecule has 0 radical (unpaired) electrons. The van der Waals surface area contributed by atoms with Gasteiger partial charge in [0.25, 0.3) is 0 Å². The van der Waals surface area contributed by atoms with Gasteiger partial charge in [-0.15, -0.1) is 0 Å². The van der Waals surface area contributed by atoms with Gasteiger partial charge in [-0.25, -0.2) is 0 Å². The first kappa shape index (κ1) is 16.9. The lowest BCUT2D eigenvalue weighted by atomic mass is 9.74. The van der Waals surface area contributed by atoms with E-state index in [4.69, 9.17) is 23.7 Å². The Bertz CT molecular complexity index is 542. The molecule has 4 rings (SSSR count). The van der Waals surface area contributed by atoms with E-state index < -0.39 is 11.6 Å². The highest BCUT2D eigenvalue weighted by molar-refractivity contribution is 5.21. The minimum atomic E-state index is -0.636. The summed E-state index contributed by atoms with van der Waals surface area (Å²) in [6, 6.07) is 0. The Balaban J connectivity index is 1.64. The van der Waals surface area contributed by atoms with E-state index in [1.165, 1.54) is 5.57 Å². The van der Waals surface area contributed by atoms with Crippen molar-refractivity contribution in [2.45, 2.75) is 83.1 Å². The molecule has 1 aliphatic carbocycles. The van der Waals surface area contributed by atoms with Crippen LogP contribution in [-0.2, 0) is 23.7 Å². The molecule has 1 saturated carbocycles. The van der Waals surface area contributed by atoms with E-state index in [9.17, 15) is 5.11 Å². The Kier molecular flexibility index (Phi) is 3.88. The molecule has 1 spiro atoms. The van der Waals surface area contributed by atoms with Crippen molar-refractivity contribution >= 4 is 0 Å². The van der Waals surface area contributed by atoms with Crippen LogP contribution >= 0.6 is 0 Å². The van der Waals surface area contributed by atoms with Gasteiger partial charge in [0, 0.05) is 5.41 Å². The number of hydrogen-bond acceptors (Lipinski definition) is 6. The average Bonchev–Trinajstić information content (AvgIpc) is 3.17. The Morgan fingerprint density at radius 3 is 2.54 bits per heavy atom. The Morgan fingerprint density at radius 2 is 1.88 bits per heavy atom. The van der Waals surface area contributed by atoms with Crippen molar-refractivity contribution in [2.24, 2.45) is 5.41 Å². The standard InChI is InChI=1S/C18H28O6/c1-16(2)20-10-12(22-16)13-18(7-5-11(9-18)6-8-19)14-15(21-13)24-17(3,4)23-14/h6,12-15,19H,5,7-10H2,1-4H3/b11-6+/t12-,13-,14+,15-,18+/m1/s1. The first-order chi connectivity index (χ1) is 11.2. The van der Waals surface area contributed by atoms with Gasteiger partial charge in [-0.3, -0.25) is 0 Å². The molecule has 3 heterocycles. The Labute approximate surface area is 143 Å². The number of hydrogen-bond donors (Lipinski definition) is 1. The minimum Gasteiger partial charge on any atom is -0.392 e. The normalized spacial score (nSPS) is 47.8. The smallest absolute Gasteiger partial charge is 0.188 e. The molecule has 0 aromatic heterocycles. The summed E-state index contributed by atoms with van der Waals surface area (Å²) < 4.78 is 30.4. The van der Waals surface area contributed by atoms with Gasteiger partial charge in [0.05, 0.1) is 19.3 Å². The molecule has 5 atom stereocenters. The minimum absolute atomic E-state index is 0.0734. The van der Waals surface area contributed by atoms with Crippen LogP contribution in [-0.4, -0.2) is 54.5 Å². The molecule has 6 heteroatoms. The molecule has 24 heavy (non-hydrogen) atoms. The third-order valence-corrected chi connectivity index (χ3v) is 5.69. The largest absolute Gasteiger partial charge is 0.392 e. The molecule has 0 bridgehead atoms. The highest BCUT2D eigenvalue weighted by atomic mass is 16.8. The van der Waals surface area contributed by atoms with Crippen molar-refractivity contribution in [3.63, 3.8) is 0 Å². The summed E-state index contributed by atoms with van der Waals surface area (Å²) in [4.78, 5) is 0. The predicted octanol–water partition coefficient (Wildman–Crippen LogP) is 2.10. The van der Waals surface area contributed by atoms with E-state index in [0.717, 1.165) is 19.3 Å². The summed E-state index contributed by atoms with van der Waals surface area (Å²) >= 11 is 0. The van der Waals surface area contributed by atoms with Gasteiger partial charge in [0.15, 0.2) is 17.9 Å². The molecule has 3 saturated heterocycles. The second-order valence-corrected chi connectivity index (χ2v) is 8.30. The topological polar surface area (TPSA) is 66.4 Å². The van der Waals surface area contributed by atoms with Crippen LogP contribution in [0.2, 0.25) is 0 Å². The average molecular weight is 340 g/mol. The van der Waals surface area contributed by atoms with E-state index >= 15 is 0 Å². The van der Waals surface area contributed by atoms with E-state index in [1.54, 1.807) is 0 Å². The summed E-state index contributed by atoms with van der Waals surface area (Å²) in [5.41, 5.74) is 1.08. The number of aliphatic hydroxyl groups is 1. The maximum Gasteiger partial charge on any atom is 0.188 e. The van der Waals surface area contributed by atoms with E-state index in [0.29, 0.717) is 6.61 Å². The highest BCUT2D eigenvalue weighted by Crippen LogP contribution is 2.59. The van der Waals surface area contributed by atoms with Crippen molar-refractivity contribution in [1.29, 1.82) is 0 Å². The Hall–Kier alpha value is -0.500. The zero-order chi connectivity index (χ0) is 17.2. The third-order valence-electron chi connectivity index (χ3n) is 5.69. The number of allylic oxidation sites excluding steroid dienone is 1. The zero-order valence-electron chi connectivity index (χ0n) is 14.9. The molecule has 1 N–H and O–H groups in total. The van der Waals surface area contributed by atoms with Crippen LogP contribution in [0.5, 0.6) is 0 Å². The van der Waals surface area contributed by atoms with E-state index in [1.807, 2.05) is 33.8 Å². The van der Waals surface area contributed by atoms with Crippen LogP contribution in [0, 0.1) is 5.41 Å². The summed E-state index contributed by atoms with van der Waals surface area (Å²) in [7, 11) is 0. The fourth-order valence-electron chi connectivity index (χ4n) is 4.76. The molecule has 6 nitrogen and oxygen atoms in total. The summed E-state index contributed by atoms with van der Waals surface area (Å²) in [6.07, 6.45) is 3.91. The molecule has 0 aromatic rings. The Morgan fingerprint density at radius 1 is 1.08 bits per heavy atom. The van der Waals surface area contributed by atoms with Crippen molar-refractivity contribution in [3.05, 3.63) is 11.6 Å². The first-order valence-corrected chi connectivity index (χ1v) is 8.86. The van der Waals surface area contributed by atoms with Crippen LogP contribution < -0.4 is 0 Å². The fourth-order valence-corrected chi connectivity index (χ4v) is 4.76. The van der Waals surface area contributed by atoms with Crippen LogP contribution in [0.3, 0.4) is 0 Å². The van der Waals surface area contributed by atoms with Crippen LogP contribution in [0.4, 0.5) is 0 Å². The second kappa shape index (κ2) is 5.50.